The monoisotopic (exact) mass is 223 g/mol. The van der Waals surface area contributed by atoms with Crippen LogP contribution in [-0.4, -0.2) is 12.8 Å². The number of hydrogen-bond donors (Lipinski definition) is 0. The van der Waals surface area contributed by atoms with E-state index in [1.54, 1.807) is 12.1 Å². The molecule has 0 amide bonds. The van der Waals surface area contributed by atoms with Crippen LogP contribution in [0.4, 0.5) is 8.78 Å². The number of benzene rings is 1. The number of rotatable bonds is 5. The Hall–Kier alpha value is -1.89. The van der Waals surface area contributed by atoms with Gasteiger partial charge in [-0.2, -0.15) is 0 Å². The predicted octanol–water partition coefficient (Wildman–Crippen LogP) is 3.00. The van der Waals surface area contributed by atoms with E-state index < -0.39 is 6.43 Å². The van der Waals surface area contributed by atoms with Crippen LogP contribution < -0.4 is 0 Å². The minimum absolute atomic E-state index is 0.00889. The van der Waals surface area contributed by atoms with Gasteiger partial charge in [0.25, 0.3) is 6.43 Å². The number of terminal acetylenes is 1. The zero-order valence-electron chi connectivity index (χ0n) is 8.57. The lowest BCUT2D eigenvalue weighted by Crippen LogP contribution is -1.89. The summed E-state index contributed by atoms with van der Waals surface area (Å²) in [6.07, 6.45) is 4.51. The average molecular weight is 223 g/mol. The molecule has 0 N–H and O–H groups in total. The molecule has 4 heteroatoms. The van der Waals surface area contributed by atoms with E-state index in [2.05, 4.69) is 11.1 Å². The van der Waals surface area contributed by atoms with Gasteiger partial charge in [-0.1, -0.05) is 29.4 Å². The van der Waals surface area contributed by atoms with Crippen molar-refractivity contribution in [1.82, 2.24) is 0 Å². The van der Waals surface area contributed by atoms with E-state index in [1.807, 2.05) is 0 Å². The zero-order chi connectivity index (χ0) is 11.8. The van der Waals surface area contributed by atoms with Crippen molar-refractivity contribution in [2.45, 2.75) is 12.8 Å². The largest absolute Gasteiger partial charge is 0.395 e. The molecule has 0 spiro atoms. The quantitative estimate of drug-likeness (QED) is 0.325. The summed E-state index contributed by atoms with van der Waals surface area (Å²) in [6.45, 7) is 0.349. The highest BCUT2D eigenvalue weighted by molar-refractivity contribution is 5.79. The van der Waals surface area contributed by atoms with Gasteiger partial charge in [-0.15, -0.1) is 12.3 Å². The summed E-state index contributed by atoms with van der Waals surface area (Å²) >= 11 is 0. The SMILES string of the molecule is C#CCCON=Cc1ccc(C(F)F)cc1. The molecule has 0 radical (unpaired) electrons. The second kappa shape index (κ2) is 6.57. The minimum Gasteiger partial charge on any atom is -0.395 e. The fourth-order valence-corrected chi connectivity index (χ4v) is 0.983. The molecule has 1 rings (SSSR count). The van der Waals surface area contributed by atoms with E-state index in [0.29, 0.717) is 18.6 Å². The molecule has 0 bridgehead atoms. The van der Waals surface area contributed by atoms with Gasteiger partial charge in [-0.3, -0.25) is 0 Å². The zero-order valence-corrected chi connectivity index (χ0v) is 8.57. The van der Waals surface area contributed by atoms with Crippen LogP contribution in [0.3, 0.4) is 0 Å². The normalized spacial score (nSPS) is 10.6. The lowest BCUT2D eigenvalue weighted by Gasteiger charge is -1.99. The first-order valence-corrected chi connectivity index (χ1v) is 4.71. The highest BCUT2D eigenvalue weighted by Crippen LogP contribution is 2.18. The molecular weight excluding hydrogens is 212 g/mol. The van der Waals surface area contributed by atoms with Gasteiger partial charge in [0.15, 0.2) is 0 Å². The van der Waals surface area contributed by atoms with Crippen LogP contribution in [0.5, 0.6) is 0 Å². The lowest BCUT2D eigenvalue weighted by molar-refractivity contribution is 0.151. The molecule has 0 aromatic heterocycles. The van der Waals surface area contributed by atoms with Crippen LogP contribution in [0.15, 0.2) is 29.4 Å². The number of halogens is 2. The molecule has 2 nitrogen and oxygen atoms in total. The van der Waals surface area contributed by atoms with E-state index in [9.17, 15) is 8.78 Å². The van der Waals surface area contributed by atoms with E-state index in [0.717, 1.165) is 0 Å². The summed E-state index contributed by atoms with van der Waals surface area (Å²) in [5.41, 5.74) is 0.690. The Labute approximate surface area is 92.9 Å². The predicted molar refractivity (Wildman–Crippen MR) is 58.4 cm³/mol. The van der Waals surface area contributed by atoms with Gasteiger partial charge >= 0.3 is 0 Å². The highest BCUT2D eigenvalue weighted by atomic mass is 19.3. The second-order valence-corrected chi connectivity index (χ2v) is 2.99. The van der Waals surface area contributed by atoms with Crippen LogP contribution in [-0.2, 0) is 4.84 Å². The maximum atomic E-state index is 12.2. The number of oxime groups is 1. The van der Waals surface area contributed by atoms with Gasteiger partial charge in [0, 0.05) is 12.0 Å². The van der Waals surface area contributed by atoms with Crippen molar-refractivity contribution in [3.05, 3.63) is 35.4 Å². The Bertz CT molecular complexity index is 379. The van der Waals surface area contributed by atoms with Crippen LogP contribution in [0.25, 0.3) is 0 Å². The molecule has 84 valence electrons. The molecule has 0 fully saturated rings. The van der Waals surface area contributed by atoms with Crippen molar-refractivity contribution >= 4 is 6.21 Å². The fourth-order valence-electron chi connectivity index (χ4n) is 0.983. The van der Waals surface area contributed by atoms with Crippen molar-refractivity contribution in [1.29, 1.82) is 0 Å². The Kier molecular flexibility index (Phi) is 5.00. The molecule has 16 heavy (non-hydrogen) atoms. The van der Waals surface area contributed by atoms with Crippen LogP contribution in [0.1, 0.15) is 24.0 Å². The Morgan fingerprint density at radius 2 is 2.06 bits per heavy atom. The molecule has 0 unspecified atom stereocenters. The summed E-state index contributed by atoms with van der Waals surface area (Å²) in [6, 6.07) is 5.81. The first-order chi connectivity index (χ1) is 7.74. The van der Waals surface area contributed by atoms with Crippen molar-refractivity contribution in [3.63, 3.8) is 0 Å². The summed E-state index contributed by atoms with van der Waals surface area (Å²) in [5, 5.41) is 3.65. The molecule has 0 aliphatic carbocycles. The molecule has 0 aliphatic heterocycles. The van der Waals surface area contributed by atoms with Gasteiger partial charge in [0.2, 0.25) is 0 Å². The molecule has 0 atom stereocenters. The number of hydrogen-bond acceptors (Lipinski definition) is 2. The average Bonchev–Trinajstić information content (AvgIpc) is 2.29. The van der Waals surface area contributed by atoms with Crippen molar-refractivity contribution < 1.29 is 13.6 Å². The molecule has 0 heterocycles. The van der Waals surface area contributed by atoms with E-state index in [1.165, 1.54) is 18.3 Å². The van der Waals surface area contributed by atoms with Crippen molar-refractivity contribution in [3.8, 4) is 12.3 Å². The standard InChI is InChI=1S/C12H11F2NO/c1-2-3-8-16-15-9-10-4-6-11(7-5-10)12(13)14/h1,4-7,9,12H,3,8H2. The van der Waals surface area contributed by atoms with E-state index in [-0.39, 0.29) is 5.56 Å². The van der Waals surface area contributed by atoms with Crippen LogP contribution >= 0.6 is 0 Å². The summed E-state index contributed by atoms with van der Waals surface area (Å²) in [5.74, 6) is 2.40. The van der Waals surface area contributed by atoms with Gasteiger partial charge in [0.1, 0.15) is 6.61 Å². The number of alkyl halides is 2. The Morgan fingerprint density at radius 1 is 1.38 bits per heavy atom. The molecule has 0 aliphatic rings. The minimum atomic E-state index is -2.45. The third-order valence-corrected chi connectivity index (χ3v) is 1.80. The van der Waals surface area contributed by atoms with Gasteiger partial charge < -0.3 is 4.84 Å². The second-order valence-electron chi connectivity index (χ2n) is 2.99. The molecular formula is C12H11F2NO. The fraction of sp³-hybridized carbons (Fsp3) is 0.250. The van der Waals surface area contributed by atoms with E-state index >= 15 is 0 Å². The van der Waals surface area contributed by atoms with Gasteiger partial charge in [-0.05, 0) is 5.56 Å². The van der Waals surface area contributed by atoms with Crippen LogP contribution in [0, 0.1) is 12.3 Å². The van der Waals surface area contributed by atoms with Gasteiger partial charge in [0.05, 0.1) is 6.21 Å². The topological polar surface area (TPSA) is 21.6 Å². The smallest absolute Gasteiger partial charge is 0.263 e. The Balaban J connectivity index is 2.46. The van der Waals surface area contributed by atoms with Gasteiger partial charge in [-0.25, -0.2) is 8.78 Å². The highest BCUT2D eigenvalue weighted by Gasteiger charge is 2.04. The maximum absolute atomic E-state index is 12.2. The third kappa shape index (κ3) is 4.09. The number of nitrogens with zero attached hydrogens (tertiary/aromatic N) is 1. The molecule has 1 aromatic rings. The maximum Gasteiger partial charge on any atom is 0.263 e. The molecule has 0 saturated carbocycles. The van der Waals surface area contributed by atoms with E-state index in [4.69, 9.17) is 11.3 Å². The summed E-state index contributed by atoms with van der Waals surface area (Å²) < 4.78 is 24.4. The molecule has 0 saturated heterocycles. The molecule has 1 aromatic carbocycles. The van der Waals surface area contributed by atoms with Crippen LogP contribution in [0.2, 0.25) is 0 Å². The Morgan fingerprint density at radius 3 is 2.62 bits per heavy atom. The van der Waals surface area contributed by atoms with Crippen molar-refractivity contribution in [2.75, 3.05) is 6.61 Å². The summed E-state index contributed by atoms with van der Waals surface area (Å²) in [7, 11) is 0. The lowest BCUT2D eigenvalue weighted by atomic mass is 10.1. The summed E-state index contributed by atoms with van der Waals surface area (Å²) in [4.78, 5) is 4.83. The first kappa shape index (κ1) is 12.2. The van der Waals surface area contributed by atoms with Crippen molar-refractivity contribution in [2.24, 2.45) is 5.16 Å². The third-order valence-electron chi connectivity index (χ3n) is 1.80. The first-order valence-electron chi connectivity index (χ1n) is 4.71.